The lowest BCUT2D eigenvalue weighted by atomic mass is 9.27. The summed E-state index contributed by atoms with van der Waals surface area (Å²) in [4.78, 5) is 0. The van der Waals surface area contributed by atoms with E-state index in [2.05, 4.69) is 0 Å². The van der Waals surface area contributed by atoms with Gasteiger partial charge >= 0.3 is 12.4 Å². The predicted octanol–water partition coefficient (Wildman–Crippen LogP) is 8.31. The van der Waals surface area contributed by atoms with E-state index in [1.165, 1.54) is 12.1 Å². The van der Waals surface area contributed by atoms with Gasteiger partial charge < -0.3 is 5.11 Å². The molecule has 0 radical (unpaired) electrons. The molecule has 2 unspecified atom stereocenters. The van der Waals surface area contributed by atoms with Crippen LogP contribution in [0.1, 0.15) is 82.6 Å². The lowest BCUT2D eigenvalue weighted by molar-refractivity contribution is -0.376. The molecular formula is C28H32F6O. The number of aromatic hydroxyl groups is 1. The molecule has 1 N–H and O–H groups in total. The largest absolute Gasteiger partial charge is 0.508 e. The quantitative estimate of drug-likeness (QED) is 0.407. The highest BCUT2D eigenvalue weighted by molar-refractivity contribution is 5.38. The van der Waals surface area contributed by atoms with Gasteiger partial charge in [0.25, 0.3) is 0 Å². The zero-order chi connectivity index (χ0) is 24.7. The van der Waals surface area contributed by atoms with Gasteiger partial charge in [0.05, 0.1) is 10.8 Å². The molecule has 8 bridgehead atoms. The number of halogens is 6. The average molecular weight is 499 g/mol. The smallest absolute Gasteiger partial charge is 0.394 e. The molecule has 0 amide bonds. The van der Waals surface area contributed by atoms with E-state index >= 15 is 26.3 Å². The highest BCUT2D eigenvalue weighted by atomic mass is 19.4. The van der Waals surface area contributed by atoms with E-state index < -0.39 is 45.8 Å². The minimum absolute atomic E-state index is 0.0228. The Bertz CT molecular complexity index is 987. The van der Waals surface area contributed by atoms with Crippen LogP contribution in [0.3, 0.4) is 0 Å². The van der Waals surface area contributed by atoms with Gasteiger partial charge in [0.1, 0.15) is 5.75 Å². The first-order valence-corrected chi connectivity index (χ1v) is 13.2. The molecule has 7 heteroatoms. The van der Waals surface area contributed by atoms with Gasteiger partial charge in [-0.25, -0.2) is 0 Å². The summed E-state index contributed by atoms with van der Waals surface area (Å²) in [6.45, 7) is 0. The van der Waals surface area contributed by atoms with Crippen molar-refractivity contribution in [3.8, 4) is 5.75 Å². The number of alkyl halides is 6. The Morgan fingerprint density at radius 1 is 0.600 bits per heavy atom. The molecule has 35 heavy (non-hydrogen) atoms. The molecule has 1 aromatic rings. The first-order valence-electron chi connectivity index (χ1n) is 13.2. The number of phenols is 1. The second-order valence-corrected chi connectivity index (χ2v) is 13.9. The van der Waals surface area contributed by atoms with Crippen LogP contribution in [0.2, 0.25) is 0 Å². The van der Waals surface area contributed by atoms with Gasteiger partial charge in [0, 0.05) is 0 Å². The van der Waals surface area contributed by atoms with Crippen molar-refractivity contribution in [3.05, 3.63) is 29.8 Å². The van der Waals surface area contributed by atoms with E-state index in [1.807, 2.05) is 0 Å². The van der Waals surface area contributed by atoms with Crippen LogP contribution in [0.15, 0.2) is 24.3 Å². The molecule has 0 saturated heterocycles. The monoisotopic (exact) mass is 498 g/mol. The summed E-state index contributed by atoms with van der Waals surface area (Å²) in [6, 6.07) is 6.02. The van der Waals surface area contributed by atoms with Gasteiger partial charge in [-0.3, -0.25) is 0 Å². The molecule has 0 aromatic heterocycles. The number of hydrogen-bond donors (Lipinski definition) is 1. The van der Waals surface area contributed by atoms with Crippen LogP contribution < -0.4 is 0 Å². The molecule has 8 saturated carbocycles. The van der Waals surface area contributed by atoms with Crippen molar-refractivity contribution in [2.45, 2.75) is 94.8 Å². The summed E-state index contributed by atoms with van der Waals surface area (Å²) < 4.78 is 90.2. The van der Waals surface area contributed by atoms with Crippen molar-refractivity contribution in [1.82, 2.24) is 0 Å². The fraction of sp³-hybridized carbons (Fsp3) is 0.786. The Kier molecular flexibility index (Phi) is 4.13. The molecule has 2 atom stereocenters. The Hall–Kier alpha value is -1.40. The summed E-state index contributed by atoms with van der Waals surface area (Å²) in [7, 11) is 0. The molecule has 8 fully saturated rings. The first kappa shape index (κ1) is 22.8. The molecule has 192 valence electrons. The molecule has 1 aromatic carbocycles. The maximum absolute atomic E-state index is 15.0. The fourth-order valence-corrected chi connectivity index (χ4v) is 11.7. The van der Waals surface area contributed by atoms with Gasteiger partial charge in [-0.05, 0) is 129 Å². The number of phenolic OH excluding ortho intramolecular Hbond substituents is 1. The Morgan fingerprint density at radius 3 is 1.49 bits per heavy atom. The molecule has 1 nitrogen and oxygen atoms in total. The Labute approximate surface area is 201 Å². The zero-order valence-corrected chi connectivity index (χ0v) is 19.7. The third kappa shape index (κ3) is 2.79. The standard InChI is InChI=1S/C28H32F6O/c29-27(30,31)25-12-22(20-1-3-21(35)4-2-20)11-24(14-25,15-26(13-22,16-25)28(32,33)34)23-8-17-5-18(9-23)7-19(6-17)10-23/h1-4,17-19,35H,5-16H2. The predicted molar refractivity (Wildman–Crippen MR) is 118 cm³/mol. The Morgan fingerprint density at radius 2 is 1.06 bits per heavy atom. The van der Waals surface area contributed by atoms with Crippen LogP contribution in [0.4, 0.5) is 26.3 Å². The van der Waals surface area contributed by atoms with E-state index in [0.717, 1.165) is 38.5 Å². The molecule has 0 aliphatic heterocycles. The number of rotatable bonds is 2. The van der Waals surface area contributed by atoms with Gasteiger partial charge in [0.2, 0.25) is 0 Å². The van der Waals surface area contributed by atoms with Crippen molar-refractivity contribution < 1.29 is 31.4 Å². The summed E-state index contributed by atoms with van der Waals surface area (Å²) >= 11 is 0. The van der Waals surface area contributed by atoms with Gasteiger partial charge in [-0.1, -0.05) is 12.1 Å². The van der Waals surface area contributed by atoms with Crippen molar-refractivity contribution in [3.63, 3.8) is 0 Å². The summed E-state index contributed by atoms with van der Waals surface area (Å²) in [5, 5.41) is 9.84. The van der Waals surface area contributed by atoms with E-state index in [4.69, 9.17) is 0 Å². The van der Waals surface area contributed by atoms with Gasteiger partial charge in [-0.15, -0.1) is 0 Å². The third-order valence-electron chi connectivity index (χ3n) is 11.9. The fourth-order valence-electron chi connectivity index (χ4n) is 11.7. The van der Waals surface area contributed by atoms with Crippen molar-refractivity contribution >= 4 is 0 Å². The van der Waals surface area contributed by atoms with Crippen LogP contribution >= 0.6 is 0 Å². The molecule has 0 heterocycles. The highest BCUT2D eigenvalue weighted by Crippen LogP contribution is 2.85. The van der Waals surface area contributed by atoms with Crippen LogP contribution in [-0.4, -0.2) is 17.5 Å². The zero-order valence-electron chi connectivity index (χ0n) is 19.7. The van der Waals surface area contributed by atoms with Crippen molar-refractivity contribution in [1.29, 1.82) is 0 Å². The maximum atomic E-state index is 15.0. The summed E-state index contributed by atoms with van der Waals surface area (Å²) in [6.07, 6.45) is -4.80. The van der Waals surface area contributed by atoms with Gasteiger partial charge in [-0.2, -0.15) is 26.3 Å². The Balaban J connectivity index is 1.47. The lowest BCUT2D eigenvalue weighted by Gasteiger charge is -2.77. The number of hydrogen-bond acceptors (Lipinski definition) is 1. The van der Waals surface area contributed by atoms with Crippen LogP contribution in [-0.2, 0) is 5.41 Å². The van der Waals surface area contributed by atoms with Gasteiger partial charge in [0.15, 0.2) is 0 Å². The molecule has 0 spiro atoms. The lowest BCUT2D eigenvalue weighted by Crippen LogP contribution is -2.73. The third-order valence-corrected chi connectivity index (χ3v) is 11.9. The topological polar surface area (TPSA) is 20.2 Å². The molecule has 8 aliphatic rings. The SMILES string of the molecule is Oc1ccc(C23CC4(C(F)(F)F)CC(C(F)(F)F)(C2)CC(C25CC6CC(CC(C6)C2)C5)(C3)C4)cc1. The number of benzene rings is 1. The van der Waals surface area contributed by atoms with E-state index in [0.29, 0.717) is 29.7 Å². The second kappa shape index (κ2) is 6.35. The van der Waals surface area contributed by atoms with Crippen LogP contribution in [0.25, 0.3) is 0 Å². The minimum Gasteiger partial charge on any atom is -0.508 e. The van der Waals surface area contributed by atoms with E-state index in [1.54, 1.807) is 12.1 Å². The average Bonchev–Trinajstić information content (AvgIpc) is 2.71. The van der Waals surface area contributed by atoms with E-state index in [-0.39, 0.29) is 31.4 Å². The van der Waals surface area contributed by atoms with Crippen LogP contribution in [0, 0.1) is 39.4 Å². The molecule has 8 aliphatic carbocycles. The van der Waals surface area contributed by atoms with Crippen molar-refractivity contribution in [2.24, 2.45) is 39.4 Å². The molecule has 9 rings (SSSR count). The first-order chi connectivity index (χ1) is 16.2. The summed E-state index contributed by atoms with van der Waals surface area (Å²) in [5.74, 6) is 1.36. The van der Waals surface area contributed by atoms with E-state index in [9.17, 15) is 5.11 Å². The summed E-state index contributed by atoms with van der Waals surface area (Å²) in [5.41, 5.74) is -6.59. The maximum Gasteiger partial charge on any atom is 0.394 e. The van der Waals surface area contributed by atoms with Crippen molar-refractivity contribution in [2.75, 3.05) is 0 Å². The normalized spacial score (nSPS) is 50.2. The minimum atomic E-state index is -4.68. The second-order valence-electron chi connectivity index (χ2n) is 13.9. The highest BCUT2D eigenvalue weighted by Gasteiger charge is 2.82. The van der Waals surface area contributed by atoms with Crippen LogP contribution in [0.5, 0.6) is 5.75 Å². The molecular weight excluding hydrogens is 466 g/mol.